The van der Waals surface area contributed by atoms with Crippen molar-refractivity contribution in [1.82, 2.24) is 10.4 Å². The van der Waals surface area contributed by atoms with E-state index in [0.717, 1.165) is 18.5 Å². The van der Waals surface area contributed by atoms with Crippen molar-refractivity contribution in [3.8, 4) is 6.07 Å². The Labute approximate surface area is 122 Å². The molecule has 0 unspecified atom stereocenters. The van der Waals surface area contributed by atoms with Crippen LogP contribution < -0.4 is 5.43 Å². The first-order chi connectivity index (χ1) is 9.46. The molecule has 0 radical (unpaired) electrons. The molecule has 0 amide bonds. The predicted octanol–water partition coefficient (Wildman–Crippen LogP) is 2.64. The van der Waals surface area contributed by atoms with Crippen molar-refractivity contribution in [2.45, 2.75) is 39.2 Å². The van der Waals surface area contributed by atoms with E-state index >= 15 is 0 Å². The number of hydrogen-bond acceptors (Lipinski definition) is 3. The van der Waals surface area contributed by atoms with Gasteiger partial charge in [-0.2, -0.15) is 5.26 Å². The standard InChI is InChI=1S/C16H24N4/c1-6-13-7-14(10-20(19-5)12-18-4)9-15(8-13)16(2,3)11-17/h7-9,12,19H,6,10H2,1-5H3. The van der Waals surface area contributed by atoms with Crippen LogP contribution in [0.3, 0.4) is 0 Å². The molecule has 0 aliphatic carbocycles. The van der Waals surface area contributed by atoms with Gasteiger partial charge in [0.15, 0.2) is 0 Å². The van der Waals surface area contributed by atoms with Crippen LogP contribution in [0, 0.1) is 11.3 Å². The van der Waals surface area contributed by atoms with Gasteiger partial charge >= 0.3 is 0 Å². The summed E-state index contributed by atoms with van der Waals surface area (Å²) in [7, 11) is 3.61. The second kappa shape index (κ2) is 7.06. The van der Waals surface area contributed by atoms with Gasteiger partial charge in [-0.3, -0.25) is 10.0 Å². The fraction of sp³-hybridized carbons (Fsp3) is 0.500. The third kappa shape index (κ3) is 4.07. The highest BCUT2D eigenvalue weighted by Crippen LogP contribution is 2.25. The topological polar surface area (TPSA) is 51.4 Å². The second-order valence-corrected chi connectivity index (χ2v) is 5.35. The Morgan fingerprint density at radius 1 is 1.35 bits per heavy atom. The van der Waals surface area contributed by atoms with Gasteiger partial charge in [-0.05, 0) is 37.0 Å². The van der Waals surface area contributed by atoms with Gasteiger partial charge in [0.1, 0.15) is 0 Å². The SMILES string of the molecule is CCc1cc(CN(C=NC)NC)cc(C(C)(C)C#N)c1. The van der Waals surface area contributed by atoms with E-state index in [0.29, 0.717) is 0 Å². The molecule has 1 aromatic rings. The molecular weight excluding hydrogens is 248 g/mol. The summed E-state index contributed by atoms with van der Waals surface area (Å²) in [6.45, 7) is 6.76. The predicted molar refractivity (Wildman–Crippen MR) is 83.5 cm³/mol. The van der Waals surface area contributed by atoms with E-state index in [-0.39, 0.29) is 0 Å². The molecule has 0 saturated heterocycles. The molecule has 4 nitrogen and oxygen atoms in total. The van der Waals surface area contributed by atoms with E-state index in [1.807, 2.05) is 25.9 Å². The van der Waals surface area contributed by atoms with Gasteiger partial charge in [0.25, 0.3) is 0 Å². The first kappa shape index (κ1) is 16.2. The lowest BCUT2D eigenvalue weighted by Crippen LogP contribution is -2.33. The number of nitriles is 1. The lowest BCUT2D eigenvalue weighted by atomic mass is 9.84. The Bertz CT molecular complexity index is 512. The minimum atomic E-state index is -0.469. The third-order valence-electron chi connectivity index (χ3n) is 3.36. The summed E-state index contributed by atoms with van der Waals surface area (Å²) in [5, 5.41) is 11.2. The summed E-state index contributed by atoms with van der Waals surface area (Å²) in [5.74, 6) is 0. The van der Waals surface area contributed by atoms with E-state index < -0.39 is 5.41 Å². The van der Waals surface area contributed by atoms with Crippen molar-refractivity contribution in [3.63, 3.8) is 0 Å². The Balaban J connectivity index is 3.14. The van der Waals surface area contributed by atoms with Crippen molar-refractivity contribution in [2.75, 3.05) is 14.1 Å². The molecule has 0 saturated carbocycles. The summed E-state index contributed by atoms with van der Waals surface area (Å²) in [5.41, 5.74) is 6.11. The van der Waals surface area contributed by atoms with E-state index in [4.69, 9.17) is 0 Å². The average molecular weight is 272 g/mol. The lowest BCUT2D eigenvalue weighted by molar-refractivity contribution is 0.341. The Morgan fingerprint density at radius 3 is 2.50 bits per heavy atom. The number of hydrazine groups is 1. The fourth-order valence-corrected chi connectivity index (χ4v) is 2.00. The summed E-state index contributed by atoms with van der Waals surface area (Å²) in [6.07, 6.45) is 2.72. The quantitative estimate of drug-likeness (QED) is 0.492. The largest absolute Gasteiger partial charge is 0.294 e. The molecule has 0 fully saturated rings. The summed E-state index contributed by atoms with van der Waals surface area (Å²) in [6, 6.07) is 8.80. The first-order valence-corrected chi connectivity index (χ1v) is 6.87. The summed E-state index contributed by atoms with van der Waals surface area (Å²) >= 11 is 0. The highest BCUT2D eigenvalue weighted by molar-refractivity contribution is 5.54. The van der Waals surface area contributed by atoms with E-state index in [2.05, 4.69) is 41.6 Å². The average Bonchev–Trinajstić information content (AvgIpc) is 2.46. The zero-order chi connectivity index (χ0) is 15.2. The Kier molecular flexibility index (Phi) is 5.72. The van der Waals surface area contributed by atoms with Gasteiger partial charge < -0.3 is 0 Å². The molecule has 0 spiro atoms. The number of aliphatic imine (C=N–C) groups is 1. The molecule has 0 bridgehead atoms. The number of aryl methyl sites for hydroxylation is 1. The maximum atomic E-state index is 9.32. The Morgan fingerprint density at radius 2 is 2.00 bits per heavy atom. The second-order valence-electron chi connectivity index (χ2n) is 5.35. The molecule has 0 aliphatic heterocycles. The molecule has 1 rings (SSSR count). The van der Waals surface area contributed by atoms with Crippen LogP contribution in [0.4, 0.5) is 0 Å². The maximum absolute atomic E-state index is 9.32. The number of rotatable bonds is 6. The summed E-state index contributed by atoms with van der Waals surface area (Å²) in [4.78, 5) is 4.02. The van der Waals surface area contributed by atoms with Gasteiger partial charge in [0, 0.05) is 14.1 Å². The van der Waals surface area contributed by atoms with Crippen molar-refractivity contribution in [3.05, 3.63) is 34.9 Å². The van der Waals surface area contributed by atoms with Crippen LogP contribution in [0.1, 0.15) is 37.5 Å². The molecule has 0 aromatic heterocycles. The third-order valence-corrected chi connectivity index (χ3v) is 3.36. The highest BCUT2D eigenvalue weighted by atomic mass is 15.5. The number of benzene rings is 1. The molecule has 1 aromatic carbocycles. The fourth-order valence-electron chi connectivity index (χ4n) is 2.00. The molecule has 0 atom stereocenters. The van der Waals surface area contributed by atoms with Crippen molar-refractivity contribution >= 4 is 6.34 Å². The lowest BCUT2D eigenvalue weighted by Gasteiger charge is -2.22. The van der Waals surface area contributed by atoms with Gasteiger partial charge in [0.2, 0.25) is 0 Å². The van der Waals surface area contributed by atoms with Gasteiger partial charge in [0.05, 0.1) is 24.4 Å². The molecule has 4 heteroatoms. The summed E-state index contributed by atoms with van der Waals surface area (Å²) < 4.78 is 0. The van der Waals surface area contributed by atoms with Crippen LogP contribution in [0.25, 0.3) is 0 Å². The smallest absolute Gasteiger partial charge is 0.0991 e. The highest BCUT2D eigenvalue weighted by Gasteiger charge is 2.20. The van der Waals surface area contributed by atoms with E-state index in [1.54, 1.807) is 13.4 Å². The molecule has 0 heterocycles. The van der Waals surface area contributed by atoms with Crippen molar-refractivity contribution < 1.29 is 0 Å². The molecule has 108 valence electrons. The first-order valence-electron chi connectivity index (χ1n) is 6.87. The normalized spacial score (nSPS) is 11.6. The van der Waals surface area contributed by atoms with Crippen LogP contribution >= 0.6 is 0 Å². The molecule has 1 N–H and O–H groups in total. The van der Waals surface area contributed by atoms with Crippen LogP contribution in [-0.2, 0) is 18.4 Å². The van der Waals surface area contributed by atoms with Gasteiger partial charge in [-0.15, -0.1) is 0 Å². The van der Waals surface area contributed by atoms with Gasteiger partial charge in [-0.25, -0.2) is 5.43 Å². The van der Waals surface area contributed by atoms with Crippen LogP contribution in [0.5, 0.6) is 0 Å². The minimum Gasteiger partial charge on any atom is -0.294 e. The molecule has 20 heavy (non-hydrogen) atoms. The number of nitrogens with one attached hydrogen (secondary N) is 1. The van der Waals surface area contributed by atoms with Crippen molar-refractivity contribution in [2.24, 2.45) is 4.99 Å². The van der Waals surface area contributed by atoms with Crippen LogP contribution in [-0.4, -0.2) is 25.4 Å². The van der Waals surface area contributed by atoms with Crippen LogP contribution in [0.2, 0.25) is 0 Å². The van der Waals surface area contributed by atoms with Crippen LogP contribution in [0.15, 0.2) is 23.2 Å². The zero-order valence-corrected chi connectivity index (χ0v) is 13.1. The molecule has 0 aliphatic rings. The van der Waals surface area contributed by atoms with E-state index in [9.17, 15) is 5.26 Å². The van der Waals surface area contributed by atoms with Gasteiger partial charge in [-0.1, -0.05) is 25.1 Å². The van der Waals surface area contributed by atoms with Crippen molar-refractivity contribution in [1.29, 1.82) is 5.26 Å². The van der Waals surface area contributed by atoms with E-state index in [1.165, 1.54) is 11.1 Å². The number of hydrogen-bond donors (Lipinski definition) is 1. The minimum absolute atomic E-state index is 0.469. The maximum Gasteiger partial charge on any atom is 0.0991 e. The monoisotopic (exact) mass is 272 g/mol. The number of nitrogens with zero attached hydrogens (tertiary/aromatic N) is 3. The Hall–Kier alpha value is -1.86. The zero-order valence-electron chi connectivity index (χ0n) is 13.1. The molecular formula is C16H24N4.